The minimum absolute atomic E-state index is 0.126. The molecule has 2 heterocycles. The molecule has 0 aromatic heterocycles. The molecule has 0 amide bonds. The standard InChI is InChI=1S/C27H22N2O2/c1-30-25-12-6-5-11-22(25)27-29-24(21-10-4-7-13-26(21)31-27)17-23(28-29)20-15-14-18-8-2-3-9-19(18)16-20/h2-16,24,27H,17H2,1H3/t24-,27+/m0/s1. The predicted molar refractivity (Wildman–Crippen MR) is 122 cm³/mol. The molecule has 0 saturated carbocycles. The maximum absolute atomic E-state index is 6.47. The first-order chi connectivity index (χ1) is 15.3. The van der Waals surface area contributed by atoms with Crippen LogP contribution < -0.4 is 9.47 Å². The van der Waals surface area contributed by atoms with E-state index in [4.69, 9.17) is 14.6 Å². The summed E-state index contributed by atoms with van der Waals surface area (Å²) in [5, 5.41) is 9.66. The first-order valence-electron chi connectivity index (χ1n) is 10.6. The van der Waals surface area contributed by atoms with E-state index in [1.165, 1.54) is 16.3 Å². The molecule has 4 aromatic carbocycles. The second-order valence-electron chi connectivity index (χ2n) is 7.96. The van der Waals surface area contributed by atoms with Crippen molar-refractivity contribution in [2.24, 2.45) is 5.10 Å². The number of hydrazone groups is 1. The lowest BCUT2D eigenvalue weighted by Crippen LogP contribution is -2.33. The fraction of sp³-hybridized carbons (Fsp3) is 0.148. The Bertz CT molecular complexity index is 1310. The van der Waals surface area contributed by atoms with Gasteiger partial charge < -0.3 is 9.47 Å². The van der Waals surface area contributed by atoms with Crippen molar-refractivity contribution in [1.29, 1.82) is 0 Å². The zero-order chi connectivity index (χ0) is 20.8. The third kappa shape index (κ3) is 2.95. The minimum atomic E-state index is -0.339. The topological polar surface area (TPSA) is 34.1 Å². The molecule has 2 aliphatic rings. The van der Waals surface area contributed by atoms with Crippen LogP contribution in [0.25, 0.3) is 10.8 Å². The first-order valence-corrected chi connectivity index (χ1v) is 10.6. The largest absolute Gasteiger partial charge is 0.496 e. The molecule has 152 valence electrons. The number of para-hydroxylation sites is 2. The number of hydrogen-bond donors (Lipinski definition) is 0. The molecular weight excluding hydrogens is 384 g/mol. The number of hydrogen-bond acceptors (Lipinski definition) is 4. The van der Waals surface area contributed by atoms with E-state index >= 15 is 0 Å². The highest BCUT2D eigenvalue weighted by molar-refractivity contribution is 6.04. The Balaban J connectivity index is 1.46. The molecule has 0 bridgehead atoms. The van der Waals surface area contributed by atoms with Gasteiger partial charge in [-0.3, -0.25) is 0 Å². The Morgan fingerprint density at radius 2 is 1.58 bits per heavy atom. The van der Waals surface area contributed by atoms with Crippen LogP contribution in [0.3, 0.4) is 0 Å². The zero-order valence-corrected chi connectivity index (χ0v) is 17.2. The average molecular weight is 406 g/mol. The van der Waals surface area contributed by atoms with Crippen LogP contribution in [0.1, 0.15) is 35.4 Å². The molecule has 4 aromatic rings. The monoisotopic (exact) mass is 406 g/mol. The molecule has 4 nitrogen and oxygen atoms in total. The number of methoxy groups -OCH3 is 1. The molecule has 2 atom stereocenters. The maximum atomic E-state index is 6.47. The van der Waals surface area contributed by atoms with E-state index in [1.54, 1.807) is 7.11 Å². The molecule has 0 saturated heterocycles. The Hall–Kier alpha value is -3.79. The van der Waals surface area contributed by atoms with Crippen molar-refractivity contribution in [3.63, 3.8) is 0 Å². The summed E-state index contributed by atoms with van der Waals surface area (Å²) < 4.78 is 12.1. The van der Waals surface area contributed by atoms with Gasteiger partial charge in [0.1, 0.15) is 11.5 Å². The summed E-state index contributed by atoms with van der Waals surface area (Å²) in [4.78, 5) is 0. The summed E-state index contributed by atoms with van der Waals surface area (Å²) in [6, 6.07) is 31.4. The third-order valence-electron chi connectivity index (χ3n) is 6.19. The Morgan fingerprint density at radius 3 is 2.45 bits per heavy atom. The fourth-order valence-electron chi connectivity index (χ4n) is 4.65. The summed E-state index contributed by atoms with van der Waals surface area (Å²) >= 11 is 0. The molecule has 0 spiro atoms. The second kappa shape index (κ2) is 7.17. The van der Waals surface area contributed by atoms with Gasteiger partial charge in [-0.1, -0.05) is 66.7 Å². The quantitative estimate of drug-likeness (QED) is 0.413. The molecule has 31 heavy (non-hydrogen) atoms. The predicted octanol–water partition coefficient (Wildman–Crippen LogP) is 6.09. The molecular formula is C27H22N2O2. The molecule has 6 rings (SSSR count). The summed E-state index contributed by atoms with van der Waals surface area (Å²) in [6.45, 7) is 0. The minimum Gasteiger partial charge on any atom is -0.496 e. The summed E-state index contributed by atoms with van der Waals surface area (Å²) in [5.41, 5.74) is 4.39. The summed E-state index contributed by atoms with van der Waals surface area (Å²) in [5.74, 6) is 1.72. The van der Waals surface area contributed by atoms with E-state index in [2.05, 4.69) is 65.7 Å². The lowest BCUT2D eigenvalue weighted by molar-refractivity contribution is -0.0203. The molecule has 0 N–H and O–H groups in total. The van der Waals surface area contributed by atoms with Gasteiger partial charge in [0, 0.05) is 12.0 Å². The number of rotatable bonds is 3. The Labute approximate surface area is 181 Å². The molecule has 0 unspecified atom stereocenters. The summed E-state index contributed by atoms with van der Waals surface area (Å²) in [7, 11) is 1.70. The zero-order valence-electron chi connectivity index (χ0n) is 17.2. The maximum Gasteiger partial charge on any atom is 0.217 e. The number of ether oxygens (including phenoxy) is 2. The van der Waals surface area contributed by atoms with Crippen molar-refractivity contribution in [2.45, 2.75) is 18.7 Å². The Morgan fingerprint density at radius 1 is 0.839 bits per heavy atom. The highest BCUT2D eigenvalue weighted by Gasteiger charge is 2.41. The van der Waals surface area contributed by atoms with E-state index in [1.807, 2.05) is 30.3 Å². The van der Waals surface area contributed by atoms with Gasteiger partial charge in [-0.15, -0.1) is 0 Å². The van der Waals surface area contributed by atoms with Crippen LogP contribution >= 0.6 is 0 Å². The van der Waals surface area contributed by atoms with E-state index < -0.39 is 0 Å². The molecule has 0 fully saturated rings. The summed E-state index contributed by atoms with van der Waals surface area (Å²) in [6.07, 6.45) is 0.499. The highest BCUT2D eigenvalue weighted by Crippen LogP contribution is 2.48. The fourth-order valence-corrected chi connectivity index (χ4v) is 4.65. The van der Waals surface area contributed by atoms with Gasteiger partial charge >= 0.3 is 0 Å². The van der Waals surface area contributed by atoms with Gasteiger partial charge in [-0.25, -0.2) is 5.01 Å². The molecule has 0 aliphatic carbocycles. The van der Waals surface area contributed by atoms with E-state index in [0.717, 1.165) is 34.8 Å². The van der Waals surface area contributed by atoms with Gasteiger partial charge in [-0.05, 0) is 40.6 Å². The van der Waals surface area contributed by atoms with Gasteiger partial charge in [0.25, 0.3) is 0 Å². The van der Waals surface area contributed by atoms with Crippen molar-refractivity contribution in [2.75, 3.05) is 7.11 Å². The van der Waals surface area contributed by atoms with E-state index in [-0.39, 0.29) is 12.3 Å². The van der Waals surface area contributed by atoms with Crippen LogP contribution in [0.2, 0.25) is 0 Å². The van der Waals surface area contributed by atoms with E-state index in [0.29, 0.717) is 0 Å². The van der Waals surface area contributed by atoms with Crippen molar-refractivity contribution in [3.05, 3.63) is 108 Å². The normalized spacial score (nSPS) is 19.4. The number of fused-ring (bicyclic) bond motifs is 4. The van der Waals surface area contributed by atoms with Gasteiger partial charge in [0.15, 0.2) is 0 Å². The van der Waals surface area contributed by atoms with Crippen LogP contribution in [0.5, 0.6) is 11.5 Å². The number of benzene rings is 4. The highest BCUT2D eigenvalue weighted by atomic mass is 16.5. The van der Waals surface area contributed by atoms with Crippen molar-refractivity contribution in [1.82, 2.24) is 5.01 Å². The van der Waals surface area contributed by atoms with Crippen LogP contribution in [-0.4, -0.2) is 17.8 Å². The van der Waals surface area contributed by atoms with Crippen LogP contribution in [0.15, 0.2) is 96.1 Å². The van der Waals surface area contributed by atoms with Crippen LogP contribution in [-0.2, 0) is 0 Å². The molecule has 4 heteroatoms. The van der Waals surface area contributed by atoms with Crippen molar-refractivity contribution < 1.29 is 9.47 Å². The van der Waals surface area contributed by atoms with Crippen molar-refractivity contribution in [3.8, 4) is 11.5 Å². The van der Waals surface area contributed by atoms with Gasteiger partial charge in [0.05, 0.1) is 24.4 Å². The van der Waals surface area contributed by atoms with Gasteiger partial charge in [0.2, 0.25) is 6.23 Å². The van der Waals surface area contributed by atoms with Gasteiger partial charge in [-0.2, -0.15) is 5.10 Å². The lowest BCUT2D eigenvalue weighted by Gasteiger charge is -2.38. The van der Waals surface area contributed by atoms with E-state index in [9.17, 15) is 0 Å². The molecule has 0 radical (unpaired) electrons. The Kier molecular flexibility index (Phi) is 4.17. The van der Waals surface area contributed by atoms with Crippen LogP contribution in [0.4, 0.5) is 0 Å². The average Bonchev–Trinajstić information content (AvgIpc) is 3.29. The second-order valence-corrected chi connectivity index (χ2v) is 7.96. The van der Waals surface area contributed by atoms with Crippen LogP contribution in [0, 0.1) is 0 Å². The first kappa shape index (κ1) is 18.0. The smallest absolute Gasteiger partial charge is 0.217 e. The lowest BCUT2D eigenvalue weighted by atomic mass is 9.95. The third-order valence-corrected chi connectivity index (χ3v) is 6.19. The SMILES string of the molecule is COc1ccccc1[C@H]1Oc2ccccc2[C@@H]2CC(c3ccc4ccccc4c3)=NN12. The number of nitrogens with zero attached hydrogens (tertiary/aromatic N) is 2. The molecule has 2 aliphatic heterocycles. The van der Waals surface area contributed by atoms with Crippen molar-refractivity contribution >= 4 is 16.5 Å².